The van der Waals surface area contributed by atoms with E-state index in [4.69, 9.17) is 5.21 Å². The van der Waals surface area contributed by atoms with E-state index >= 15 is 0 Å². The van der Waals surface area contributed by atoms with E-state index in [0.717, 1.165) is 24.8 Å². The van der Waals surface area contributed by atoms with Crippen molar-refractivity contribution < 1.29 is 13.6 Å². The molecule has 1 aromatic rings. The van der Waals surface area contributed by atoms with Crippen LogP contribution >= 0.6 is 0 Å². The summed E-state index contributed by atoms with van der Waals surface area (Å²) in [6.45, 7) is 1.93. The van der Waals surface area contributed by atoms with Gasteiger partial charge in [-0.1, -0.05) is 22.9 Å². The van der Waals surface area contributed by atoms with Crippen molar-refractivity contribution in [1.29, 1.82) is 0 Å². The molecule has 2 fully saturated rings. The molecule has 1 N–H and O–H groups in total. The Kier molecular flexibility index (Phi) is 2.89. The predicted octanol–water partition coefficient (Wildman–Crippen LogP) is 2.40. The second kappa shape index (κ2) is 4.34. The maximum atomic E-state index is 12.7. The van der Waals surface area contributed by atoms with Crippen molar-refractivity contribution in [1.82, 2.24) is 0 Å². The first-order chi connectivity index (χ1) is 9.04. The van der Waals surface area contributed by atoms with Crippen LogP contribution in [0, 0.1) is 18.8 Å². The zero-order chi connectivity index (χ0) is 13.6. The fourth-order valence-corrected chi connectivity index (χ4v) is 5.58. The van der Waals surface area contributed by atoms with Crippen LogP contribution in [0.3, 0.4) is 0 Å². The van der Waals surface area contributed by atoms with Crippen LogP contribution in [0.4, 0.5) is 0 Å². The van der Waals surface area contributed by atoms with Crippen LogP contribution in [0.1, 0.15) is 24.8 Å². The summed E-state index contributed by atoms with van der Waals surface area (Å²) in [4.78, 5) is 0.330. The minimum Gasteiger partial charge on any atom is -0.411 e. The highest BCUT2D eigenvalue weighted by Gasteiger charge is 2.51. The van der Waals surface area contributed by atoms with Crippen LogP contribution in [-0.4, -0.2) is 24.6 Å². The highest BCUT2D eigenvalue weighted by molar-refractivity contribution is 7.92. The molecule has 2 aliphatic rings. The van der Waals surface area contributed by atoms with Crippen LogP contribution in [0.5, 0.6) is 0 Å². The third-order valence-corrected chi connectivity index (χ3v) is 6.63. The molecule has 5 heteroatoms. The molecule has 0 aromatic heterocycles. The highest BCUT2D eigenvalue weighted by Crippen LogP contribution is 2.47. The van der Waals surface area contributed by atoms with Crippen molar-refractivity contribution in [2.75, 3.05) is 0 Å². The van der Waals surface area contributed by atoms with Crippen LogP contribution < -0.4 is 0 Å². The van der Waals surface area contributed by atoms with Crippen molar-refractivity contribution in [2.24, 2.45) is 17.0 Å². The lowest BCUT2D eigenvalue weighted by Crippen LogP contribution is -2.35. The summed E-state index contributed by atoms with van der Waals surface area (Å²) in [5.74, 6) is 0.266. The monoisotopic (exact) mass is 279 g/mol. The van der Waals surface area contributed by atoms with Gasteiger partial charge in [0.1, 0.15) is 5.25 Å². The van der Waals surface area contributed by atoms with E-state index in [0.29, 0.717) is 10.6 Å². The summed E-state index contributed by atoms with van der Waals surface area (Å²) in [5, 5.41) is 11.8. The van der Waals surface area contributed by atoms with Crippen molar-refractivity contribution in [3.63, 3.8) is 0 Å². The van der Waals surface area contributed by atoms with E-state index in [-0.39, 0.29) is 11.8 Å². The lowest BCUT2D eigenvalue weighted by Gasteiger charge is -2.22. The smallest absolute Gasteiger partial charge is 0.187 e. The topological polar surface area (TPSA) is 66.7 Å². The van der Waals surface area contributed by atoms with Crippen LogP contribution in [0.15, 0.2) is 34.3 Å². The fraction of sp³-hybridized carbons (Fsp3) is 0.500. The van der Waals surface area contributed by atoms with E-state index in [1.165, 1.54) is 0 Å². The van der Waals surface area contributed by atoms with Crippen LogP contribution in [0.2, 0.25) is 0 Å². The van der Waals surface area contributed by atoms with Gasteiger partial charge in [-0.15, -0.1) is 0 Å². The first kappa shape index (κ1) is 12.7. The number of hydrogen-bond acceptors (Lipinski definition) is 4. The first-order valence-corrected chi connectivity index (χ1v) is 8.11. The number of rotatable bonds is 2. The Balaban J connectivity index is 2.03. The summed E-state index contributed by atoms with van der Waals surface area (Å²) in [5.41, 5.74) is 1.50. The number of hydrogen-bond donors (Lipinski definition) is 1. The second-order valence-corrected chi connectivity index (χ2v) is 7.64. The number of benzene rings is 1. The number of fused-ring (bicyclic) bond motifs is 2. The number of oxime groups is 1. The SMILES string of the molecule is Cc1ccc(S(=O)(=O)[C@@H]2/C(=N/O)[C@H]3CC[C@H]2C3)cc1. The summed E-state index contributed by atoms with van der Waals surface area (Å²) in [6.07, 6.45) is 2.71. The molecule has 4 nitrogen and oxygen atoms in total. The quantitative estimate of drug-likeness (QED) is 0.667. The molecule has 1 aromatic carbocycles. The van der Waals surface area contributed by atoms with E-state index in [2.05, 4.69) is 5.16 Å². The molecule has 0 heterocycles. The lowest BCUT2D eigenvalue weighted by molar-refractivity contribution is 0.313. The van der Waals surface area contributed by atoms with Gasteiger partial charge in [0.2, 0.25) is 0 Å². The van der Waals surface area contributed by atoms with Gasteiger partial charge in [-0.25, -0.2) is 8.42 Å². The highest BCUT2D eigenvalue weighted by atomic mass is 32.2. The van der Waals surface area contributed by atoms with Gasteiger partial charge < -0.3 is 5.21 Å². The number of sulfone groups is 1. The summed E-state index contributed by atoms with van der Waals surface area (Å²) < 4.78 is 25.4. The molecular weight excluding hydrogens is 262 g/mol. The fourth-order valence-electron chi connectivity index (χ4n) is 3.46. The Bertz CT molecular complexity index is 619. The zero-order valence-electron chi connectivity index (χ0n) is 10.8. The molecule has 0 aliphatic heterocycles. The second-order valence-electron chi connectivity index (χ2n) is 5.57. The van der Waals surface area contributed by atoms with Crippen molar-refractivity contribution >= 4 is 15.5 Å². The Hall–Kier alpha value is -1.36. The third kappa shape index (κ3) is 1.87. The maximum Gasteiger partial charge on any atom is 0.187 e. The molecule has 19 heavy (non-hydrogen) atoms. The van der Waals surface area contributed by atoms with E-state index in [1.807, 2.05) is 6.92 Å². The van der Waals surface area contributed by atoms with Gasteiger partial charge in [-0.05, 0) is 44.2 Å². The molecule has 0 saturated heterocycles. The number of nitrogens with zero attached hydrogens (tertiary/aromatic N) is 1. The standard InChI is InChI=1S/C14H17NO3S/c1-9-2-6-12(7-3-9)19(17,18)14-11-5-4-10(8-11)13(14)15-16/h2-3,6-7,10-11,14,16H,4-5,8H2,1H3/b15-13+/t10-,11-,14-/m0/s1. The molecule has 102 valence electrons. The minimum atomic E-state index is -3.44. The molecule has 0 radical (unpaired) electrons. The van der Waals surface area contributed by atoms with Gasteiger partial charge in [0.05, 0.1) is 10.6 Å². The van der Waals surface area contributed by atoms with Gasteiger partial charge in [0, 0.05) is 5.92 Å². The van der Waals surface area contributed by atoms with Crippen molar-refractivity contribution in [2.45, 2.75) is 36.3 Å². The molecule has 2 saturated carbocycles. The van der Waals surface area contributed by atoms with Gasteiger partial charge in [-0.3, -0.25) is 0 Å². The van der Waals surface area contributed by atoms with Crippen LogP contribution in [-0.2, 0) is 9.84 Å². The third-order valence-electron chi connectivity index (χ3n) is 4.41. The van der Waals surface area contributed by atoms with Gasteiger partial charge >= 0.3 is 0 Å². The average Bonchev–Trinajstić information content (AvgIpc) is 2.99. The van der Waals surface area contributed by atoms with E-state index < -0.39 is 15.1 Å². The van der Waals surface area contributed by atoms with Gasteiger partial charge in [-0.2, -0.15) is 0 Å². The van der Waals surface area contributed by atoms with Crippen molar-refractivity contribution in [3.05, 3.63) is 29.8 Å². The van der Waals surface area contributed by atoms with E-state index in [9.17, 15) is 8.42 Å². The Morgan fingerprint density at radius 1 is 1.21 bits per heavy atom. The zero-order valence-corrected chi connectivity index (χ0v) is 11.6. The molecule has 3 atom stereocenters. The normalized spacial score (nSPS) is 32.1. The molecule has 2 aliphatic carbocycles. The Labute approximate surface area is 113 Å². The van der Waals surface area contributed by atoms with E-state index in [1.54, 1.807) is 24.3 Å². The molecule has 3 rings (SSSR count). The largest absolute Gasteiger partial charge is 0.411 e. The maximum absolute atomic E-state index is 12.7. The molecule has 2 bridgehead atoms. The minimum absolute atomic E-state index is 0.113. The summed E-state index contributed by atoms with van der Waals surface area (Å²) in [7, 11) is -3.44. The predicted molar refractivity (Wildman–Crippen MR) is 72.2 cm³/mol. The molecule has 0 unspecified atom stereocenters. The van der Waals surface area contributed by atoms with Crippen LogP contribution in [0.25, 0.3) is 0 Å². The summed E-state index contributed by atoms with van der Waals surface area (Å²) >= 11 is 0. The van der Waals surface area contributed by atoms with Gasteiger partial charge in [0.25, 0.3) is 0 Å². The van der Waals surface area contributed by atoms with Gasteiger partial charge in [0.15, 0.2) is 9.84 Å². The number of aryl methyl sites for hydroxylation is 1. The average molecular weight is 279 g/mol. The summed E-state index contributed by atoms with van der Waals surface area (Å²) in [6, 6.07) is 6.89. The molecular formula is C14H17NO3S. The lowest BCUT2D eigenvalue weighted by atomic mass is 9.98. The molecule has 0 amide bonds. The first-order valence-electron chi connectivity index (χ1n) is 6.56. The Morgan fingerprint density at radius 2 is 1.89 bits per heavy atom. The van der Waals surface area contributed by atoms with Crippen molar-refractivity contribution in [3.8, 4) is 0 Å². The Morgan fingerprint density at radius 3 is 2.53 bits per heavy atom. The molecule has 0 spiro atoms.